The molecule has 1 aliphatic rings. The SMILES string of the molecule is COc1ccc(N=C2NC(=O)[C@H](CC(=O)Nc3ccc(OC)cc3)S2)cc1. The first kappa shape index (κ1) is 18.8. The van der Waals surface area contributed by atoms with E-state index in [1.54, 1.807) is 62.8 Å². The summed E-state index contributed by atoms with van der Waals surface area (Å²) in [6.45, 7) is 0. The van der Waals surface area contributed by atoms with E-state index in [2.05, 4.69) is 15.6 Å². The maximum Gasteiger partial charge on any atom is 0.240 e. The second kappa shape index (κ2) is 8.59. The monoisotopic (exact) mass is 385 g/mol. The van der Waals surface area contributed by atoms with Gasteiger partial charge in [0.2, 0.25) is 11.8 Å². The number of aliphatic imine (C=N–C) groups is 1. The number of nitrogens with one attached hydrogen (secondary N) is 2. The van der Waals surface area contributed by atoms with E-state index >= 15 is 0 Å². The van der Waals surface area contributed by atoms with Crippen molar-refractivity contribution in [1.29, 1.82) is 0 Å². The van der Waals surface area contributed by atoms with Crippen LogP contribution in [0.25, 0.3) is 0 Å². The van der Waals surface area contributed by atoms with E-state index in [-0.39, 0.29) is 18.2 Å². The van der Waals surface area contributed by atoms with E-state index < -0.39 is 5.25 Å². The summed E-state index contributed by atoms with van der Waals surface area (Å²) >= 11 is 1.25. The second-order valence-corrected chi connectivity index (χ2v) is 6.88. The number of rotatable bonds is 6. The smallest absolute Gasteiger partial charge is 0.240 e. The number of hydrogen-bond donors (Lipinski definition) is 2. The van der Waals surface area contributed by atoms with Gasteiger partial charge in [0.15, 0.2) is 5.17 Å². The summed E-state index contributed by atoms with van der Waals surface area (Å²) in [5.41, 5.74) is 1.35. The molecule has 1 aliphatic heterocycles. The molecule has 2 aromatic rings. The van der Waals surface area contributed by atoms with E-state index in [0.717, 1.165) is 5.75 Å². The number of anilines is 1. The van der Waals surface area contributed by atoms with E-state index in [9.17, 15) is 9.59 Å². The molecule has 140 valence electrons. The standard InChI is InChI=1S/C19H19N3O4S/c1-25-14-7-3-12(4-8-14)20-17(23)11-16-18(24)22-19(27-16)21-13-5-9-15(26-2)10-6-13/h3-10,16H,11H2,1-2H3,(H,20,23)(H,21,22,24)/t16-/m0/s1. The molecular formula is C19H19N3O4S. The summed E-state index contributed by atoms with van der Waals surface area (Å²) in [5.74, 6) is 0.976. The molecule has 1 saturated heterocycles. The number of thioether (sulfide) groups is 1. The van der Waals surface area contributed by atoms with Crippen LogP contribution in [0.2, 0.25) is 0 Å². The number of amides is 2. The van der Waals surface area contributed by atoms with Crippen molar-refractivity contribution in [2.24, 2.45) is 4.99 Å². The van der Waals surface area contributed by atoms with Crippen molar-refractivity contribution in [3.63, 3.8) is 0 Å². The normalized spacial score (nSPS) is 17.5. The minimum absolute atomic E-state index is 0.0597. The molecule has 0 spiro atoms. The van der Waals surface area contributed by atoms with Gasteiger partial charge in [-0.05, 0) is 48.5 Å². The molecule has 8 heteroatoms. The van der Waals surface area contributed by atoms with Crippen molar-refractivity contribution in [2.45, 2.75) is 11.7 Å². The van der Waals surface area contributed by atoms with Gasteiger partial charge in [-0.3, -0.25) is 9.59 Å². The topological polar surface area (TPSA) is 89.0 Å². The molecule has 0 aliphatic carbocycles. The fourth-order valence-electron chi connectivity index (χ4n) is 2.42. The van der Waals surface area contributed by atoms with Crippen molar-refractivity contribution in [3.8, 4) is 11.5 Å². The number of methoxy groups -OCH3 is 2. The Kier molecular flexibility index (Phi) is 5.97. The molecule has 2 aromatic carbocycles. The highest BCUT2D eigenvalue weighted by Crippen LogP contribution is 2.26. The van der Waals surface area contributed by atoms with Crippen molar-refractivity contribution in [1.82, 2.24) is 5.32 Å². The summed E-state index contributed by atoms with van der Waals surface area (Å²) in [4.78, 5) is 28.7. The lowest BCUT2D eigenvalue weighted by Crippen LogP contribution is -2.28. The van der Waals surface area contributed by atoms with E-state index in [1.165, 1.54) is 11.8 Å². The molecule has 1 atom stereocenters. The van der Waals surface area contributed by atoms with Crippen molar-refractivity contribution < 1.29 is 19.1 Å². The van der Waals surface area contributed by atoms with Crippen LogP contribution in [-0.4, -0.2) is 36.5 Å². The van der Waals surface area contributed by atoms with Crippen molar-refractivity contribution >= 4 is 40.1 Å². The molecule has 0 aromatic heterocycles. The Bertz CT molecular complexity index is 850. The molecule has 0 bridgehead atoms. The first-order valence-electron chi connectivity index (χ1n) is 8.21. The lowest BCUT2D eigenvalue weighted by Gasteiger charge is -2.08. The highest BCUT2D eigenvalue weighted by molar-refractivity contribution is 8.15. The molecule has 0 saturated carbocycles. The Balaban J connectivity index is 1.57. The second-order valence-electron chi connectivity index (χ2n) is 5.69. The van der Waals surface area contributed by atoms with Crippen LogP contribution in [0.15, 0.2) is 53.5 Å². The predicted octanol–water partition coefficient (Wildman–Crippen LogP) is 2.95. The van der Waals surface area contributed by atoms with Crippen LogP contribution in [-0.2, 0) is 9.59 Å². The number of hydrogen-bond acceptors (Lipinski definition) is 6. The molecule has 0 radical (unpaired) electrons. The Morgan fingerprint density at radius 1 is 1.07 bits per heavy atom. The Morgan fingerprint density at radius 2 is 1.67 bits per heavy atom. The maximum atomic E-state index is 12.2. The van der Waals surface area contributed by atoms with Gasteiger partial charge in [0.1, 0.15) is 16.7 Å². The molecule has 1 heterocycles. The van der Waals surface area contributed by atoms with E-state index in [1.807, 2.05) is 0 Å². The minimum atomic E-state index is -0.514. The average Bonchev–Trinajstić information content (AvgIpc) is 3.01. The van der Waals surface area contributed by atoms with Crippen LogP contribution < -0.4 is 20.1 Å². The number of benzene rings is 2. The number of carbonyl (C=O) groups is 2. The van der Waals surface area contributed by atoms with Crippen molar-refractivity contribution in [2.75, 3.05) is 19.5 Å². The van der Waals surface area contributed by atoms with Gasteiger partial charge in [0, 0.05) is 12.1 Å². The summed E-state index contributed by atoms with van der Waals surface area (Å²) in [5, 5.41) is 5.45. The zero-order valence-electron chi connectivity index (χ0n) is 14.9. The first-order chi connectivity index (χ1) is 13.1. The fraction of sp³-hybridized carbons (Fsp3) is 0.211. The third kappa shape index (κ3) is 5.01. The van der Waals surface area contributed by atoms with Crippen molar-refractivity contribution in [3.05, 3.63) is 48.5 Å². The number of ether oxygens (including phenoxy) is 2. The molecule has 27 heavy (non-hydrogen) atoms. The molecule has 2 amide bonds. The summed E-state index contributed by atoms with van der Waals surface area (Å²) in [6, 6.07) is 14.2. The zero-order chi connectivity index (χ0) is 19.2. The van der Waals surface area contributed by atoms with Crippen LogP contribution in [0.4, 0.5) is 11.4 Å². The fourth-order valence-corrected chi connectivity index (χ4v) is 3.41. The molecule has 2 N–H and O–H groups in total. The van der Waals surface area contributed by atoms with Crippen LogP contribution in [0.1, 0.15) is 6.42 Å². The third-order valence-corrected chi connectivity index (χ3v) is 4.91. The van der Waals surface area contributed by atoms with Gasteiger partial charge in [-0.1, -0.05) is 11.8 Å². The molecule has 3 rings (SSSR count). The van der Waals surface area contributed by atoms with Gasteiger partial charge < -0.3 is 20.1 Å². The van der Waals surface area contributed by atoms with Gasteiger partial charge in [-0.2, -0.15) is 0 Å². The van der Waals surface area contributed by atoms with E-state index in [0.29, 0.717) is 22.3 Å². The number of carbonyl (C=O) groups excluding carboxylic acids is 2. The number of nitrogens with zero attached hydrogens (tertiary/aromatic N) is 1. The van der Waals surface area contributed by atoms with Gasteiger partial charge in [0.25, 0.3) is 0 Å². The predicted molar refractivity (Wildman–Crippen MR) is 106 cm³/mol. The lowest BCUT2D eigenvalue weighted by molar-refractivity contribution is -0.122. The van der Waals surface area contributed by atoms with Crippen LogP contribution in [0.5, 0.6) is 11.5 Å². The zero-order valence-corrected chi connectivity index (χ0v) is 15.7. The van der Waals surface area contributed by atoms with Gasteiger partial charge in [-0.15, -0.1) is 0 Å². The average molecular weight is 385 g/mol. The third-order valence-electron chi connectivity index (χ3n) is 3.82. The van der Waals surface area contributed by atoms with Gasteiger partial charge >= 0.3 is 0 Å². The summed E-state index contributed by atoms with van der Waals surface area (Å²) in [7, 11) is 3.17. The summed E-state index contributed by atoms with van der Waals surface area (Å²) < 4.78 is 10.2. The minimum Gasteiger partial charge on any atom is -0.497 e. The molecular weight excluding hydrogens is 366 g/mol. The first-order valence-corrected chi connectivity index (χ1v) is 9.09. The van der Waals surface area contributed by atoms with Crippen LogP contribution >= 0.6 is 11.8 Å². The molecule has 7 nitrogen and oxygen atoms in total. The highest BCUT2D eigenvalue weighted by Gasteiger charge is 2.32. The Hall–Kier alpha value is -3.00. The molecule has 1 fully saturated rings. The van der Waals surface area contributed by atoms with Gasteiger partial charge in [-0.25, -0.2) is 4.99 Å². The summed E-state index contributed by atoms with van der Waals surface area (Å²) in [6.07, 6.45) is 0.0597. The largest absolute Gasteiger partial charge is 0.497 e. The van der Waals surface area contributed by atoms with Crippen LogP contribution in [0.3, 0.4) is 0 Å². The molecule has 0 unspecified atom stereocenters. The van der Waals surface area contributed by atoms with E-state index in [4.69, 9.17) is 9.47 Å². The maximum absolute atomic E-state index is 12.2. The van der Waals surface area contributed by atoms with Gasteiger partial charge in [0.05, 0.1) is 19.9 Å². The van der Waals surface area contributed by atoms with Crippen LogP contribution in [0, 0.1) is 0 Å². The highest BCUT2D eigenvalue weighted by atomic mass is 32.2. The quantitative estimate of drug-likeness (QED) is 0.798. The Morgan fingerprint density at radius 3 is 2.26 bits per heavy atom. The number of amidine groups is 1. The Labute approximate surface area is 161 Å². The lowest BCUT2D eigenvalue weighted by atomic mass is 10.2.